The Bertz CT molecular complexity index is 732. The minimum Gasteiger partial charge on any atom is -0.456 e. The Morgan fingerprint density at radius 3 is 2.52 bits per heavy atom. The normalized spacial score (nSPS) is 48.2. The fraction of sp³-hybridized carbons (Fsp3) is 0.875. The number of halogens is 2. The zero-order valence-corrected chi connectivity index (χ0v) is 18.0. The number of hydrogen-bond acceptors (Lipinski definition) is 3. The number of carbonyl (C=O) groups is 1. The highest BCUT2D eigenvalue weighted by molar-refractivity contribution is 5.66. The number of allylic oxidation sites excluding steroid dienone is 1. The monoisotopic (exact) mass is 407 g/mol. The summed E-state index contributed by atoms with van der Waals surface area (Å²) >= 11 is 0. The molecule has 162 valence electrons. The van der Waals surface area contributed by atoms with Crippen molar-refractivity contribution in [2.75, 3.05) is 0 Å². The molecule has 4 fully saturated rings. The minimum atomic E-state index is -3.05. The van der Waals surface area contributed by atoms with Gasteiger partial charge in [-0.3, -0.25) is 4.79 Å². The molecule has 5 aliphatic carbocycles. The van der Waals surface area contributed by atoms with Gasteiger partial charge in [-0.1, -0.05) is 19.9 Å². The van der Waals surface area contributed by atoms with Crippen LogP contribution in [0.1, 0.15) is 78.6 Å². The molecule has 0 saturated heterocycles. The van der Waals surface area contributed by atoms with E-state index in [1.54, 1.807) is 0 Å². The van der Waals surface area contributed by atoms with Crippen LogP contribution in [0.4, 0.5) is 8.78 Å². The smallest absolute Gasteiger partial charge is 0.305 e. The molecule has 1 N–H and O–H groups in total. The third-order valence-electron chi connectivity index (χ3n) is 9.48. The fourth-order valence-corrected chi connectivity index (χ4v) is 7.86. The molecule has 0 bridgehead atoms. The zero-order chi connectivity index (χ0) is 20.6. The number of fused-ring (bicyclic) bond motifs is 5. The van der Waals surface area contributed by atoms with Crippen molar-refractivity contribution in [3.05, 3.63) is 11.6 Å². The second-order valence-electron chi connectivity index (χ2n) is 11.0. The summed E-state index contributed by atoms with van der Waals surface area (Å²) < 4.78 is 35.8. The first-order valence-corrected chi connectivity index (χ1v) is 11.7. The maximum atomic E-state index is 15.4. The lowest BCUT2D eigenvalue weighted by atomic mass is 9.47. The Morgan fingerprint density at radius 1 is 1.07 bits per heavy atom. The number of hydrogen-bond donors (Lipinski definition) is 1. The molecule has 0 aromatic heterocycles. The van der Waals surface area contributed by atoms with Gasteiger partial charge in [0.15, 0.2) is 6.10 Å². The summed E-state index contributed by atoms with van der Waals surface area (Å²) in [7, 11) is 0. The second-order valence-corrected chi connectivity index (χ2v) is 11.0. The average molecular weight is 408 g/mol. The number of ether oxygens (including phenoxy) is 1. The zero-order valence-electron chi connectivity index (χ0n) is 18.0. The Hall–Kier alpha value is -0.970. The quantitative estimate of drug-likeness (QED) is 0.513. The van der Waals surface area contributed by atoms with E-state index in [1.807, 2.05) is 6.08 Å². The highest BCUT2D eigenvalue weighted by Gasteiger charge is 2.64. The van der Waals surface area contributed by atoms with Crippen molar-refractivity contribution in [2.45, 2.75) is 103 Å². The summed E-state index contributed by atoms with van der Waals surface area (Å²) in [5, 5.41) is 3.91. The van der Waals surface area contributed by atoms with E-state index in [4.69, 9.17) is 4.74 Å². The van der Waals surface area contributed by atoms with E-state index in [2.05, 4.69) is 19.2 Å². The Balaban J connectivity index is 1.42. The summed E-state index contributed by atoms with van der Waals surface area (Å²) in [5.74, 6) is -2.19. The van der Waals surface area contributed by atoms with Crippen LogP contribution >= 0.6 is 0 Å². The molecule has 0 radical (unpaired) electrons. The van der Waals surface area contributed by atoms with Crippen LogP contribution in [0.2, 0.25) is 0 Å². The maximum Gasteiger partial charge on any atom is 0.305 e. The van der Waals surface area contributed by atoms with Crippen LogP contribution in [0, 0.1) is 28.6 Å². The predicted molar refractivity (Wildman–Crippen MR) is 108 cm³/mol. The van der Waals surface area contributed by atoms with Crippen molar-refractivity contribution in [2.24, 2.45) is 28.6 Å². The largest absolute Gasteiger partial charge is 0.456 e. The molecular weight excluding hydrogens is 372 g/mol. The van der Waals surface area contributed by atoms with E-state index >= 15 is 8.78 Å². The molecule has 5 aliphatic rings. The van der Waals surface area contributed by atoms with Crippen LogP contribution in [0.15, 0.2) is 11.6 Å². The van der Waals surface area contributed by atoms with Gasteiger partial charge >= 0.3 is 11.9 Å². The van der Waals surface area contributed by atoms with Gasteiger partial charge in [0.05, 0.1) is 0 Å². The van der Waals surface area contributed by atoms with Crippen molar-refractivity contribution in [1.29, 1.82) is 0 Å². The topological polar surface area (TPSA) is 38.3 Å². The molecular formula is C24H35F2NO2. The second kappa shape index (κ2) is 6.51. The van der Waals surface area contributed by atoms with Gasteiger partial charge in [0.2, 0.25) is 0 Å². The van der Waals surface area contributed by atoms with E-state index < -0.39 is 23.4 Å². The average Bonchev–Trinajstić information content (AvgIpc) is 3.39. The standard InChI is InChI=1S/C24H35F2NO2/c1-14(28)29-21-11-13-22(2)18-10-12-23(3)17(7-9-20(23)27-15-4-5-15)16(18)6-8-19(22)24(21,25)26/h8,15-18,20-21,27H,4-7,9-13H2,1-3H3/t16-,17-,18-,20-,21?,22+,23-/m0/s1. The SMILES string of the molecule is CC(=O)OC1CC[C@@]2(C)C(=CC[C@H]3[C@@H]4CC[C@H](NC5CC5)[C@@]4(C)CC[C@@H]32)C1(F)F. The lowest BCUT2D eigenvalue weighted by Gasteiger charge is -2.59. The van der Waals surface area contributed by atoms with Gasteiger partial charge in [0.1, 0.15) is 0 Å². The van der Waals surface area contributed by atoms with Crippen LogP contribution < -0.4 is 5.32 Å². The molecule has 0 spiro atoms. The van der Waals surface area contributed by atoms with Crippen LogP contribution in [0.5, 0.6) is 0 Å². The van der Waals surface area contributed by atoms with Crippen molar-refractivity contribution in [1.82, 2.24) is 5.32 Å². The number of carbonyl (C=O) groups excluding carboxylic acids is 1. The van der Waals surface area contributed by atoms with E-state index in [-0.39, 0.29) is 12.0 Å². The van der Waals surface area contributed by atoms with Crippen LogP contribution in [-0.2, 0) is 9.53 Å². The molecule has 7 atom stereocenters. The molecule has 3 nitrogen and oxygen atoms in total. The summed E-state index contributed by atoms with van der Waals surface area (Å²) in [6.07, 6.45) is 9.54. The highest BCUT2D eigenvalue weighted by atomic mass is 19.3. The van der Waals surface area contributed by atoms with Crippen LogP contribution in [-0.4, -0.2) is 30.1 Å². The number of nitrogens with one attached hydrogen (secondary N) is 1. The summed E-state index contributed by atoms with van der Waals surface area (Å²) in [5.41, 5.74) is 0.105. The lowest BCUT2D eigenvalue weighted by Crippen LogP contribution is -2.57. The molecule has 0 heterocycles. The lowest BCUT2D eigenvalue weighted by molar-refractivity contribution is -0.180. The molecule has 29 heavy (non-hydrogen) atoms. The van der Waals surface area contributed by atoms with Gasteiger partial charge in [-0.05, 0) is 86.4 Å². The van der Waals surface area contributed by atoms with Crippen LogP contribution in [0.25, 0.3) is 0 Å². The highest BCUT2D eigenvalue weighted by Crippen LogP contribution is 2.66. The number of alkyl halides is 2. The van der Waals surface area contributed by atoms with Crippen molar-refractivity contribution in [3.8, 4) is 0 Å². The number of rotatable bonds is 3. The molecule has 0 amide bonds. The van der Waals surface area contributed by atoms with Gasteiger partial charge in [0.25, 0.3) is 0 Å². The Morgan fingerprint density at radius 2 is 1.83 bits per heavy atom. The minimum absolute atomic E-state index is 0.261. The van der Waals surface area contributed by atoms with E-state index in [9.17, 15) is 4.79 Å². The third kappa shape index (κ3) is 2.93. The summed E-state index contributed by atoms with van der Waals surface area (Å²) in [6.45, 7) is 5.77. The first-order chi connectivity index (χ1) is 13.7. The van der Waals surface area contributed by atoms with E-state index in [0.717, 1.165) is 25.3 Å². The molecule has 4 saturated carbocycles. The van der Waals surface area contributed by atoms with Crippen molar-refractivity contribution in [3.63, 3.8) is 0 Å². The molecule has 0 aliphatic heterocycles. The fourth-order valence-electron chi connectivity index (χ4n) is 7.86. The summed E-state index contributed by atoms with van der Waals surface area (Å²) in [4.78, 5) is 11.4. The van der Waals surface area contributed by atoms with Gasteiger partial charge < -0.3 is 10.1 Å². The molecule has 5 heteroatoms. The molecule has 1 unspecified atom stereocenters. The van der Waals surface area contributed by atoms with Crippen molar-refractivity contribution >= 4 is 5.97 Å². The first kappa shape index (κ1) is 20.0. The van der Waals surface area contributed by atoms with Gasteiger partial charge in [-0.2, -0.15) is 8.78 Å². The summed E-state index contributed by atoms with van der Waals surface area (Å²) in [6, 6.07) is 1.32. The van der Waals surface area contributed by atoms with Gasteiger partial charge in [-0.25, -0.2) is 0 Å². The maximum absolute atomic E-state index is 15.4. The Labute approximate surface area is 173 Å². The molecule has 0 aromatic rings. The van der Waals surface area contributed by atoms with E-state index in [1.165, 1.54) is 32.6 Å². The Kier molecular flexibility index (Phi) is 4.48. The van der Waals surface area contributed by atoms with Gasteiger partial charge in [0, 0.05) is 24.6 Å². The van der Waals surface area contributed by atoms with Crippen molar-refractivity contribution < 1.29 is 18.3 Å². The molecule has 0 aromatic carbocycles. The van der Waals surface area contributed by atoms with Crippen LogP contribution in [0.3, 0.4) is 0 Å². The van der Waals surface area contributed by atoms with Gasteiger partial charge in [-0.15, -0.1) is 0 Å². The molecule has 5 rings (SSSR count). The first-order valence-electron chi connectivity index (χ1n) is 11.7. The predicted octanol–water partition coefficient (Wildman–Crippen LogP) is 5.25. The third-order valence-corrected chi connectivity index (χ3v) is 9.48. The van der Waals surface area contributed by atoms with E-state index in [0.29, 0.717) is 35.6 Å². The number of esters is 1.